The number of nitrogens with one attached hydrogen (secondary N) is 2. The van der Waals surface area contributed by atoms with E-state index in [0.29, 0.717) is 13.1 Å². The molecule has 2 N–H and O–H groups in total. The Hall–Kier alpha value is -1.47. The first-order valence-electron chi connectivity index (χ1n) is 7.64. The number of carbonyl (C=O) groups excluding carboxylic acids is 1. The van der Waals surface area contributed by atoms with Gasteiger partial charge in [0.2, 0.25) is 26.0 Å². The number of aromatic nitrogens is 1. The maximum atomic E-state index is 12.4. The van der Waals surface area contributed by atoms with Crippen LogP contribution in [0.4, 0.5) is 0 Å². The van der Waals surface area contributed by atoms with Gasteiger partial charge in [-0.3, -0.25) is 4.79 Å². The van der Waals surface area contributed by atoms with E-state index in [1.54, 1.807) is 4.90 Å². The van der Waals surface area contributed by atoms with E-state index in [9.17, 15) is 21.6 Å². The molecule has 1 aromatic rings. The van der Waals surface area contributed by atoms with E-state index in [2.05, 4.69) is 14.3 Å². The van der Waals surface area contributed by atoms with Gasteiger partial charge < -0.3 is 14.4 Å². The zero-order chi connectivity index (χ0) is 18.8. The van der Waals surface area contributed by atoms with Crippen LogP contribution in [0.25, 0.3) is 0 Å². The predicted octanol–water partition coefficient (Wildman–Crippen LogP) is -1.92. The summed E-state index contributed by atoms with van der Waals surface area (Å²) in [5.74, 6) is -0.190. The van der Waals surface area contributed by atoms with Gasteiger partial charge in [-0.2, -0.15) is 0 Å². The van der Waals surface area contributed by atoms with Crippen LogP contribution in [0.5, 0.6) is 0 Å². The van der Waals surface area contributed by atoms with Gasteiger partial charge in [0.15, 0.2) is 0 Å². The quantitative estimate of drug-likeness (QED) is 0.581. The first kappa shape index (κ1) is 19.8. The summed E-state index contributed by atoms with van der Waals surface area (Å²) in [4.78, 5) is 15.4. The van der Waals surface area contributed by atoms with Crippen LogP contribution in [0.15, 0.2) is 22.2 Å². The van der Waals surface area contributed by atoms with E-state index in [4.69, 9.17) is 0 Å². The van der Waals surface area contributed by atoms with Crippen LogP contribution in [0.3, 0.4) is 0 Å². The monoisotopic (exact) mass is 393 g/mol. The normalized spacial score (nSPS) is 17.0. The van der Waals surface area contributed by atoms with Crippen molar-refractivity contribution >= 4 is 26.0 Å². The molecule has 0 atom stereocenters. The fraction of sp³-hybridized carbons (Fsp3) is 0.615. The van der Waals surface area contributed by atoms with E-state index in [1.807, 2.05) is 7.05 Å². The molecule has 10 nitrogen and oxygen atoms in total. The van der Waals surface area contributed by atoms with E-state index in [-0.39, 0.29) is 12.5 Å². The van der Waals surface area contributed by atoms with Gasteiger partial charge in [-0.05, 0) is 21.1 Å². The third-order valence-electron chi connectivity index (χ3n) is 4.10. The van der Waals surface area contributed by atoms with Crippen LogP contribution in [0.2, 0.25) is 0 Å². The molecule has 2 rings (SSSR count). The van der Waals surface area contributed by atoms with E-state index < -0.39 is 29.8 Å². The fourth-order valence-corrected chi connectivity index (χ4v) is 4.77. The highest BCUT2D eigenvalue weighted by Crippen LogP contribution is 2.22. The van der Waals surface area contributed by atoms with Gasteiger partial charge in [0.05, 0.1) is 0 Å². The summed E-state index contributed by atoms with van der Waals surface area (Å²) in [6.07, 6.45) is 2.31. The Morgan fingerprint density at radius 2 is 1.40 bits per heavy atom. The van der Waals surface area contributed by atoms with Crippen molar-refractivity contribution in [2.75, 3.05) is 47.3 Å². The molecule has 12 heteroatoms. The Labute approximate surface area is 147 Å². The molecule has 0 bridgehead atoms. The molecule has 1 aliphatic heterocycles. The number of rotatable bonds is 6. The van der Waals surface area contributed by atoms with Crippen molar-refractivity contribution < 1.29 is 21.6 Å². The largest absolute Gasteiger partial charge is 0.342 e. The Balaban J connectivity index is 2.31. The number of likely N-dealkylation sites (N-methyl/N-ethyl adjacent to an activating group) is 1. The maximum Gasteiger partial charge on any atom is 0.243 e. The van der Waals surface area contributed by atoms with E-state index in [1.165, 1.54) is 18.7 Å². The molecule has 0 aliphatic carbocycles. The van der Waals surface area contributed by atoms with Crippen molar-refractivity contribution in [2.45, 2.75) is 16.3 Å². The van der Waals surface area contributed by atoms with Gasteiger partial charge in [-0.15, -0.1) is 0 Å². The number of amides is 1. The van der Waals surface area contributed by atoms with Gasteiger partial charge in [-0.25, -0.2) is 26.3 Å². The van der Waals surface area contributed by atoms with E-state index in [0.717, 1.165) is 25.5 Å². The third kappa shape index (κ3) is 4.39. The molecule has 0 radical (unpaired) electrons. The molecule has 142 valence electrons. The van der Waals surface area contributed by atoms with Gasteiger partial charge in [0.25, 0.3) is 0 Å². The number of piperazine rings is 1. The van der Waals surface area contributed by atoms with Crippen molar-refractivity contribution in [3.05, 3.63) is 12.4 Å². The third-order valence-corrected chi connectivity index (χ3v) is 7.11. The summed E-state index contributed by atoms with van der Waals surface area (Å²) in [6.45, 7) is 2.56. The molecule has 1 aliphatic rings. The standard InChI is InChI=1S/C13H23N5O5S2/c1-14-24(20,21)11-8-17(9-12(11)25(22,23)15-2)10-13(19)18-6-4-16(3)5-7-18/h8-9,14-15H,4-7,10H2,1-3H3. The Kier molecular flexibility index (Phi) is 5.89. The van der Waals surface area contributed by atoms with Crippen LogP contribution < -0.4 is 9.44 Å². The molecule has 1 fully saturated rings. The second kappa shape index (κ2) is 7.41. The second-order valence-corrected chi connectivity index (χ2v) is 9.47. The van der Waals surface area contributed by atoms with E-state index >= 15 is 0 Å². The average Bonchev–Trinajstić information content (AvgIpc) is 3.01. The van der Waals surface area contributed by atoms with Crippen molar-refractivity contribution in [2.24, 2.45) is 0 Å². The lowest BCUT2D eigenvalue weighted by Crippen LogP contribution is -2.48. The zero-order valence-electron chi connectivity index (χ0n) is 14.4. The summed E-state index contributed by atoms with van der Waals surface area (Å²) in [5.41, 5.74) is 0. The summed E-state index contributed by atoms with van der Waals surface area (Å²) < 4.78 is 53.9. The molecule has 0 unspecified atom stereocenters. The average molecular weight is 393 g/mol. The van der Waals surface area contributed by atoms with Gasteiger partial charge in [0.1, 0.15) is 16.3 Å². The van der Waals surface area contributed by atoms with Gasteiger partial charge in [-0.1, -0.05) is 0 Å². The van der Waals surface area contributed by atoms with Crippen LogP contribution in [-0.2, 0) is 31.4 Å². The lowest BCUT2D eigenvalue weighted by molar-refractivity contribution is -0.133. The Morgan fingerprint density at radius 1 is 0.960 bits per heavy atom. The van der Waals surface area contributed by atoms with Crippen LogP contribution in [-0.4, -0.2) is 84.4 Å². The molecule has 0 aromatic carbocycles. The molecule has 1 saturated heterocycles. The lowest BCUT2D eigenvalue weighted by atomic mass is 10.3. The first-order valence-corrected chi connectivity index (χ1v) is 10.6. The SMILES string of the molecule is CNS(=O)(=O)c1cn(CC(=O)N2CCN(C)CC2)cc1S(=O)(=O)NC. The summed E-state index contributed by atoms with van der Waals surface area (Å²) in [7, 11) is -3.63. The molecular weight excluding hydrogens is 370 g/mol. The topological polar surface area (TPSA) is 121 Å². The number of nitrogens with zero attached hydrogens (tertiary/aromatic N) is 3. The summed E-state index contributed by atoms with van der Waals surface area (Å²) in [5, 5.41) is 0. The highest BCUT2D eigenvalue weighted by Gasteiger charge is 2.28. The van der Waals surface area contributed by atoms with Crippen molar-refractivity contribution in [3.8, 4) is 0 Å². The minimum atomic E-state index is -3.99. The smallest absolute Gasteiger partial charge is 0.243 e. The summed E-state index contributed by atoms with van der Waals surface area (Å²) >= 11 is 0. The summed E-state index contributed by atoms with van der Waals surface area (Å²) in [6, 6.07) is 0. The second-order valence-electron chi connectivity index (χ2n) is 5.76. The predicted molar refractivity (Wildman–Crippen MR) is 91.0 cm³/mol. The first-order chi connectivity index (χ1) is 11.6. The Morgan fingerprint density at radius 3 is 1.80 bits per heavy atom. The molecular formula is C13H23N5O5S2. The van der Waals surface area contributed by atoms with Crippen molar-refractivity contribution in [1.29, 1.82) is 0 Å². The molecule has 0 spiro atoms. The van der Waals surface area contributed by atoms with Gasteiger partial charge >= 0.3 is 0 Å². The highest BCUT2D eigenvalue weighted by atomic mass is 32.2. The van der Waals surface area contributed by atoms with Crippen LogP contribution in [0.1, 0.15) is 0 Å². The Bertz CT molecular complexity index is 787. The molecule has 25 heavy (non-hydrogen) atoms. The number of carbonyl (C=O) groups is 1. The van der Waals surface area contributed by atoms with Gasteiger partial charge in [0, 0.05) is 38.6 Å². The minimum Gasteiger partial charge on any atom is -0.342 e. The number of hydrogen-bond donors (Lipinski definition) is 2. The van der Waals surface area contributed by atoms with Crippen molar-refractivity contribution in [3.63, 3.8) is 0 Å². The number of sulfonamides is 2. The molecule has 1 amide bonds. The molecule has 1 aromatic heterocycles. The number of hydrogen-bond acceptors (Lipinski definition) is 6. The maximum absolute atomic E-state index is 12.4. The van der Waals surface area contributed by atoms with Crippen LogP contribution in [0, 0.1) is 0 Å². The molecule has 0 saturated carbocycles. The molecule has 2 heterocycles. The van der Waals surface area contributed by atoms with Crippen LogP contribution >= 0.6 is 0 Å². The minimum absolute atomic E-state index is 0.130. The highest BCUT2D eigenvalue weighted by molar-refractivity contribution is 7.92. The fourth-order valence-electron chi connectivity index (χ4n) is 2.49. The zero-order valence-corrected chi connectivity index (χ0v) is 16.0. The lowest BCUT2D eigenvalue weighted by Gasteiger charge is -2.32. The van der Waals surface area contributed by atoms with Crippen molar-refractivity contribution in [1.82, 2.24) is 23.8 Å².